The molecule has 0 aliphatic heterocycles. The molecule has 0 saturated heterocycles. The van der Waals surface area contributed by atoms with Crippen molar-refractivity contribution < 1.29 is 14.3 Å². The number of nitrogens with one attached hydrogen (secondary N) is 2. The van der Waals surface area contributed by atoms with Gasteiger partial charge in [0.25, 0.3) is 5.91 Å². The number of benzene rings is 3. The van der Waals surface area contributed by atoms with Crippen LogP contribution >= 0.6 is 11.8 Å². The van der Waals surface area contributed by atoms with E-state index in [2.05, 4.69) is 10.6 Å². The molecule has 3 aromatic rings. The molecule has 0 saturated carbocycles. The zero-order chi connectivity index (χ0) is 22.9. The number of thioether (sulfide) groups is 1. The van der Waals surface area contributed by atoms with Crippen LogP contribution in [0.2, 0.25) is 0 Å². The van der Waals surface area contributed by atoms with Gasteiger partial charge in [-0.2, -0.15) is 0 Å². The lowest BCUT2D eigenvalue weighted by atomic mass is 9.98. The highest BCUT2D eigenvalue weighted by molar-refractivity contribution is 8.00. The molecule has 2 amide bonds. The maximum atomic E-state index is 13.3. The zero-order valence-corrected chi connectivity index (χ0v) is 19.3. The van der Waals surface area contributed by atoms with Crippen LogP contribution < -0.4 is 15.4 Å². The van der Waals surface area contributed by atoms with Crippen LogP contribution in [0.4, 0.5) is 0 Å². The van der Waals surface area contributed by atoms with Crippen molar-refractivity contribution in [1.29, 1.82) is 0 Å². The van der Waals surface area contributed by atoms with Crippen molar-refractivity contribution in [3.63, 3.8) is 0 Å². The van der Waals surface area contributed by atoms with Gasteiger partial charge in [-0.05, 0) is 49.2 Å². The molecule has 0 unspecified atom stereocenters. The second-order valence-corrected chi connectivity index (χ2v) is 8.61. The first-order valence-electron chi connectivity index (χ1n) is 10.5. The summed E-state index contributed by atoms with van der Waals surface area (Å²) in [6.07, 6.45) is 0. The maximum Gasteiger partial charge on any atom is 0.253 e. The summed E-state index contributed by atoms with van der Waals surface area (Å²) in [6, 6.07) is 24.6. The first kappa shape index (κ1) is 23.4. The second-order valence-electron chi connectivity index (χ2n) is 7.60. The van der Waals surface area contributed by atoms with E-state index < -0.39 is 0 Å². The van der Waals surface area contributed by atoms with Gasteiger partial charge in [-0.1, -0.05) is 54.6 Å². The highest BCUT2D eigenvalue weighted by Gasteiger charge is 2.20. The molecule has 6 heteroatoms. The third-order valence-electron chi connectivity index (χ3n) is 4.80. The average Bonchev–Trinajstić information content (AvgIpc) is 2.81. The van der Waals surface area contributed by atoms with E-state index in [4.69, 9.17) is 4.74 Å². The smallest absolute Gasteiger partial charge is 0.253 e. The molecule has 32 heavy (non-hydrogen) atoms. The minimum atomic E-state index is -0.322. The van der Waals surface area contributed by atoms with Gasteiger partial charge in [-0.25, -0.2) is 0 Å². The third kappa shape index (κ3) is 6.37. The summed E-state index contributed by atoms with van der Waals surface area (Å²) in [7, 11) is 1.63. The Balaban J connectivity index is 1.83. The van der Waals surface area contributed by atoms with Crippen LogP contribution in [0.1, 0.15) is 41.4 Å². The third-order valence-corrected chi connectivity index (χ3v) is 5.87. The number of ether oxygens (including phenoxy) is 1. The molecule has 3 aromatic carbocycles. The Kier molecular flexibility index (Phi) is 8.34. The standard InChI is InChI=1S/C26H28N2O3S/c1-18(2)27-24(29)17-32-23-12-8-7-11-22(23)26(30)28-25(19-9-5-4-6-10-19)20-13-15-21(31-3)16-14-20/h4-16,18,25H,17H2,1-3H3,(H,27,29)(H,28,30)/t25-/m0/s1. The lowest BCUT2D eigenvalue weighted by Crippen LogP contribution is -2.32. The number of hydrogen-bond acceptors (Lipinski definition) is 4. The largest absolute Gasteiger partial charge is 0.497 e. The zero-order valence-electron chi connectivity index (χ0n) is 18.5. The molecule has 0 fully saturated rings. The average molecular weight is 449 g/mol. The monoisotopic (exact) mass is 448 g/mol. The molecule has 0 bridgehead atoms. The van der Waals surface area contributed by atoms with Gasteiger partial charge in [0.15, 0.2) is 0 Å². The van der Waals surface area contributed by atoms with Gasteiger partial charge in [0, 0.05) is 10.9 Å². The van der Waals surface area contributed by atoms with Crippen LogP contribution in [0.25, 0.3) is 0 Å². The van der Waals surface area contributed by atoms with E-state index in [1.807, 2.05) is 86.6 Å². The number of methoxy groups -OCH3 is 1. The number of carbonyl (C=O) groups is 2. The van der Waals surface area contributed by atoms with Crippen LogP contribution in [0.3, 0.4) is 0 Å². The van der Waals surface area contributed by atoms with Crippen LogP contribution in [0, 0.1) is 0 Å². The van der Waals surface area contributed by atoms with E-state index in [1.54, 1.807) is 13.2 Å². The second kappa shape index (κ2) is 11.4. The molecule has 0 radical (unpaired) electrons. The topological polar surface area (TPSA) is 67.4 Å². The van der Waals surface area contributed by atoms with Crippen LogP contribution in [0.5, 0.6) is 5.75 Å². The minimum absolute atomic E-state index is 0.0550. The maximum absolute atomic E-state index is 13.3. The quantitative estimate of drug-likeness (QED) is 0.460. The predicted molar refractivity (Wildman–Crippen MR) is 129 cm³/mol. The molecule has 1 atom stereocenters. The molecule has 166 valence electrons. The summed E-state index contributed by atoms with van der Waals surface area (Å²) in [4.78, 5) is 26.2. The van der Waals surface area contributed by atoms with Crippen molar-refractivity contribution in [1.82, 2.24) is 10.6 Å². The van der Waals surface area contributed by atoms with Gasteiger partial charge in [0.05, 0.1) is 24.5 Å². The normalized spacial score (nSPS) is 11.6. The number of rotatable bonds is 9. The van der Waals surface area contributed by atoms with E-state index in [0.29, 0.717) is 5.56 Å². The van der Waals surface area contributed by atoms with E-state index in [0.717, 1.165) is 21.8 Å². The lowest BCUT2D eigenvalue weighted by Gasteiger charge is -2.21. The Morgan fingerprint density at radius 3 is 2.12 bits per heavy atom. The predicted octanol–water partition coefficient (Wildman–Crippen LogP) is 4.83. The van der Waals surface area contributed by atoms with Crippen LogP contribution in [-0.4, -0.2) is 30.7 Å². The Labute approximate surface area is 193 Å². The molecular weight excluding hydrogens is 420 g/mol. The van der Waals surface area contributed by atoms with E-state index >= 15 is 0 Å². The Bertz CT molecular complexity index is 1040. The van der Waals surface area contributed by atoms with E-state index in [9.17, 15) is 9.59 Å². The fourth-order valence-electron chi connectivity index (χ4n) is 3.30. The molecule has 0 heterocycles. The highest BCUT2D eigenvalue weighted by atomic mass is 32.2. The van der Waals surface area contributed by atoms with Gasteiger partial charge >= 0.3 is 0 Å². The summed E-state index contributed by atoms with van der Waals surface area (Å²) < 4.78 is 5.27. The van der Waals surface area contributed by atoms with Crippen LogP contribution in [-0.2, 0) is 4.79 Å². The van der Waals surface area contributed by atoms with E-state index in [1.165, 1.54) is 11.8 Å². The molecular formula is C26H28N2O3S. The van der Waals surface area contributed by atoms with Gasteiger partial charge in [-0.15, -0.1) is 11.8 Å². The summed E-state index contributed by atoms with van der Waals surface area (Å²) in [5, 5.41) is 6.05. The molecule has 0 aromatic heterocycles. The van der Waals surface area contributed by atoms with Gasteiger partial charge < -0.3 is 15.4 Å². The number of carbonyl (C=O) groups excluding carboxylic acids is 2. The summed E-state index contributed by atoms with van der Waals surface area (Å²) in [5.41, 5.74) is 2.48. The fraction of sp³-hybridized carbons (Fsp3) is 0.231. The minimum Gasteiger partial charge on any atom is -0.497 e. The lowest BCUT2D eigenvalue weighted by molar-refractivity contribution is -0.119. The molecule has 0 spiro atoms. The van der Waals surface area contributed by atoms with Crippen molar-refractivity contribution in [2.45, 2.75) is 30.8 Å². The molecule has 2 N–H and O–H groups in total. The van der Waals surface area contributed by atoms with Crippen molar-refractivity contribution in [2.75, 3.05) is 12.9 Å². The van der Waals surface area contributed by atoms with E-state index in [-0.39, 0.29) is 29.7 Å². The van der Waals surface area contributed by atoms with Crippen molar-refractivity contribution >= 4 is 23.6 Å². The summed E-state index contributed by atoms with van der Waals surface area (Å²) in [5.74, 6) is 0.763. The number of amides is 2. The van der Waals surface area contributed by atoms with Gasteiger partial charge in [-0.3, -0.25) is 9.59 Å². The summed E-state index contributed by atoms with van der Waals surface area (Å²) >= 11 is 1.36. The Morgan fingerprint density at radius 1 is 0.844 bits per heavy atom. The van der Waals surface area contributed by atoms with Crippen molar-refractivity contribution in [3.05, 3.63) is 95.6 Å². The molecule has 5 nitrogen and oxygen atoms in total. The Morgan fingerprint density at radius 2 is 1.47 bits per heavy atom. The van der Waals surface area contributed by atoms with Crippen LogP contribution in [0.15, 0.2) is 83.8 Å². The molecule has 3 rings (SSSR count). The van der Waals surface area contributed by atoms with Crippen molar-refractivity contribution in [2.24, 2.45) is 0 Å². The van der Waals surface area contributed by atoms with Crippen molar-refractivity contribution in [3.8, 4) is 5.75 Å². The highest BCUT2D eigenvalue weighted by Crippen LogP contribution is 2.27. The SMILES string of the molecule is COc1ccc([C@@H](NC(=O)c2ccccc2SCC(=O)NC(C)C)c2ccccc2)cc1. The van der Waals surface area contributed by atoms with Gasteiger partial charge in [0.2, 0.25) is 5.91 Å². The fourth-order valence-corrected chi connectivity index (χ4v) is 4.16. The molecule has 0 aliphatic carbocycles. The molecule has 0 aliphatic rings. The first-order chi connectivity index (χ1) is 15.5. The summed E-state index contributed by atoms with van der Waals surface area (Å²) in [6.45, 7) is 3.85. The Hall–Kier alpha value is -3.25. The first-order valence-corrected chi connectivity index (χ1v) is 11.5. The number of hydrogen-bond donors (Lipinski definition) is 2. The van der Waals surface area contributed by atoms with Gasteiger partial charge in [0.1, 0.15) is 5.75 Å².